The molecule has 1 aliphatic rings. The van der Waals surface area contributed by atoms with Gasteiger partial charge in [0.1, 0.15) is 5.82 Å². The summed E-state index contributed by atoms with van der Waals surface area (Å²) in [6.07, 6.45) is 2.11. The lowest BCUT2D eigenvalue weighted by molar-refractivity contribution is -0.384. The molecule has 3 aromatic carbocycles. The Morgan fingerprint density at radius 3 is 2.49 bits per heavy atom. The Kier molecular flexibility index (Phi) is 6.58. The number of thioether (sulfide) groups is 1. The van der Waals surface area contributed by atoms with Crippen molar-refractivity contribution in [3.63, 3.8) is 0 Å². The summed E-state index contributed by atoms with van der Waals surface area (Å²) >= 11 is 1.35. The number of benzene rings is 3. The van der Waals surface area contributed by atoms with E-state index in [1.54, 1.807) is 17.0 Å². The summed E-state index contributed by atoms with van der Waals surface area (Å²) in [5.41, 5.74) is 3.70. The third-order valence-corrected chi connectivity index (χ3v) is 6.85. The second-order valence-corrected chi connectivity index (χ2v) is 9.18. The van der Waals surface area contributed by atoms with Crippen molar-refractivity contribution >= 4 is 29.0 Å². The Balaban J connectivity index is 1.37. The van der Waals surface area contributed by atoms with Crippen LogP contribution >= 0.6 is 11.8 Å². The maximum atomic E-state index is 13.2. The van der Waals surface area contributed by atoms with Gasteiger partial charge in [0.25, 0.3) is 5.69 Å². The maximum absolute atomic E-state index is 13.2. The number of non-ortho nitro benzene ring substituents is 1. The fraction of sp³-hybridized carbons (Fsp3) is 0.192. The van der Waals surface area contributed by atoms with E-state index in [1.807, 2.05) is 53.1 Å². The standard InChI is InChI=1S/C26H23N5O3S/c32-25(29-15-7-10-20-17-22(31(33)34)13-14-23(20)29)18-35-26-28-27-24(16-19-8-3-1-4-9-19)30(26)21-11-5-2-6-12-21/h1-6,8-9,11-14,17H,7,10,15-16,18H2. The van der Waals surface area contributed by atoms with E-state index in [2.05, 4.69) is 22.3 Å². The van der Waals surface area contributed by atoms with E-state index in [0.29, 0.717) is 18.1 Å². The molecule has 0 fully saturated rings. The number of aryl methyl sites for hydroxylation is 1. The minimum absolute atomic E-state index is 0.0503. The fourth-order valence-electron chi connectivity index (χ4n) is 4.28. The zero-order chi connectivity index (χ0) is 24.2. The van der Waals surface area contributed by atoms with Crippen LogP contribution in [0.1, 0.15) is 23.4 Å². The summed E-state index contributed by atoms with van der Waals surface area (Å²) < 4.78 is 2.00. The summed E-state index contributed by atoms with van der Waals surface area (Å²) in [4.78, 5) is 25.7. The summed E-state index contributed by atoms with van der Waals surface area (Å²) in [6, 6.07) is 24.7. The molecule has 5 rings (SSSR count). The number of amides is 1. The van der Waals surface area contributed by atoms with E-state index in [0.717, 1.165) is 41.2 Å². The number of carbonyl (C=O) groups is 1. The number of hydrogen-bond donors (Lipinski definition) is 0. The van der Waals surface area contributed by atoms with E-state index in [9.17, 15) is 14.9 Å². The van der Waals surface area contributed by atoms with Crippen LogP contribution in [0.15, 0.2) is 84.0 Å². The predicted octanol–water partition coefficient (Wildman–Crippen LogP) is 4.84. The highest BCUT2D eigenvalue weighted by Gasteiger charge is 2.25. The predicted molar refractivity (Wildman–Crippen MR) is 135 cm³/mol. The first kappa shape index (κ1) is 22.8. The van der Waals surface area contributed by atoms with Crippen molar-refractivity contribution in [3.8, 4) is 5.69 Å². The van der Waals surface area contributed by atoms with E-state index in [1.165, 1.54) is 17.8 Å². The number of carbonyl (C=O) groups excluding carboxylic acids is 1. The van der Waals surface area contributed by atoms with Crippen molar-refractivity contribution in [2.75, 3.05) is 17.2 Å². The molecular formula is C26H23N5O3S. The van der Waals surface area contributed by atoms with Gasteiger partial charge in [-0.1, -0.05) is 60.3 Å². The fourth-order valence-corrected chi connectivity index (χ4v) is 5.13. The van der Waals surface area contributed by atoms with Crippen molar-refractivity contribution in [2.24, 2.45) is 0 Å². The first-order valence-corrected chi connectivity index (χ1v) is 12.3. The van der Waals surface area contributed by atoms with Gasteiger partial charge in [-0.3, -0.25) is 19.5 Å². The first-order valence-electron chi connectivity index (χ1n) is 11.3. The monoisotopic (exact) mass is 485 g/mol. The molecule has 0 aliphatic carbocycles. The molecule has 0 saturated heterocycles. The molecule has 9 heteroatoms. The quantitative estimate of drug-likeness (QED) is 0.211. The van der Waals surface area contributed by atoms with Crippen LogP contribution in [-0.4, -0.2) is 37.9 Å². The van der Waals surface area contributed by atoms with Gasteiger partial charge in [-0.05, 0) is 42.2 Å². The molecule has 176 valence electrons. The van der Waals surface area contributed by atoms with E-state index in [-0.39, 0.29) is 17.3 Å². The average Bonchev–Trinajstić information content (AvgIpc) is 3.29. The molecule has 4 aromatic rings. The Morgan fingerprint density at radius 2 is 1.74 bits per heavy atom. The van der Waals surface area contributed by atoms with Gasteiger partial charge < -0.3 is 4.90 Å². The second kappa shape index (κ2) is 10.1. The molecule has 0 saturated carbocycles. The van der Waals surface area contributed by atoms with Gasteiger partial charge in [0.2, 0.25) is 5.91 Å². The van der Waals surface area contributed by atoms with Gasteiger partial charge in [0.05, 0.1) is 10.7 Å². The molecule has 0 unspecified atom stereocenters. The van der Waals surface area contributed by atoms with Gasteiger partial charge in [-0.2, -0.15) is 0 Å². The number of rotatable bonds is 7. The van der Waals surface area contributed by atoms with Crippen LogP contribution in [-0.2, 0) is 17.6 Å². The topological polar surface area (TPSA) is 94.2 Å². The van der Waals surface area contributed by atoms with Crippen LogP contribution < -0.4 is 4.90 Å². The van der Waals surface area contributed by atoms with E-state index < -0.39 is 4.92 Å². The minimum Gasteiger partial charge on any atom is -0.311 e. The number of aromatic nitrogens is 3. The third-order valence-electron chi connectivity index (χ3n) is 5.94. The number of hydrogen-bond acceptors (Lipinski definition) is 6. The third kappa shape index (κ3) is 4.95. The molecule has 0 bridgehead atoms. The van der Waals surface area contributed by atoms with E-state index in [4.69, 9.17) is 0 Å². The highest BCUT2D eigenvalue weighted by Crippen LogP contribution is 2.32. The van der Waals surface area contributed by atoms with Crippen molar-refractivity contribution in [3.05, 3.63) is 106 Å². The van der Waals surface area contributed by atoms with Gasteiger partial charge >= 0.3 is 0 Å². The van der Waals surface area contributed by atoms with Crippen molar-refractivity contribution in [2.45, 2.75) is 24.4 Å². The summed E-state index contributed by atoms with van der Waals surface area (Å²) in [5.74, 6) is 0.928. The molecule has 0 radical (unpaired) electrons. The number of anilines is 1. The van der Waals surface area contributed by atoms with Gasteiger partial charge in [-0.15, -0.1) is 10.2 Å². The molecule has 35 heavy (non-hydrogen) atoms. The smallest absolute Gasteiger partial charge is 0.269 e. The Morgan fingerprint density at radius 1 is 1.00 bits per heavy atom. The van der Waals surface area contributed by atoms with Crippen LogP contribution in [0.3, 0.4) is 0 Å². The molecule has 1 aromatic heterocycles. The largest absolute Gasteiger partial charge is 0.311 e. The van der Waals surface area contributed by atoms with Crippen LogP contribution in [0.25, 0.3) is 5.69 Å². The summed E-state index contributed by atoms with van der Waals surface area (Å²) in [7, 11) is 0. The molecule has 8 nitrogen and oxygen atoms in total. The highest BCUT2D eigenvalue weighted by atomic mass is 32.2. The SMILES string of the molecule is O=C(CSc1nnc(Cc2ccccc2)n1-c1ccccc1)N1CCCc2cc([N+](=O)[O-])ccc21. The molecule has 1 aliphatic heterocycles. The normalized spacial score (nSPS) is 12.9. The van der Waals surface area contributed by atoms with Gasteiger partial charge in [0, 0.05) is 36.5 Å². The summed E-state index contributed by atoms with van der Waals surface area (Å²) in [5, 5.41) is 20.6. The first-order chi connectivity index (χ1) is 17.1. The highest BCUT2D eigenvalue weighted by molar-refractivity contribution is 7.99. The van der Waals surface area contributed by atoms with Gasteiger partial charge in [0.15, 0.2) is 5.16 Å². The number of nitrogens with zero attached hydrogens (tertiary/aromatic N) is 5. The van der Waals surface area contributed by atoms with Crippen LogP contribution in [0.4, 0.5) is 11.4 Å². The Hall–Kier alpha value is -3.98. The van der Waals surface area contributed by atoms with Crippen molar-refractivity contribution in [1.82, 2.24) is 14.8 Å². The molecular weight excluding hydrogens is 462 g/mol. The average molecular weight is 486 g/mol. The number of nitro benzene ring substituents is 1. The summed E-state index contributed by atoms with van der Waals surface area (Å²) in [6.45, 7) is 0.592. The van der Waals surface area contributed by atoms with Gasteiger partial charge in [-0.25, -0.2) is 0 Å². The lowest BCUT2D eigenvalue weighted by Crippen LogP contribution is -2.36. The lowest BCUT2D eigenvalue weighted by Gasteiger charge is -2.29. The lowest BCUT2D eigenvalue weighted by atomic mass is 10.0. The maximum Gasteiger partial charge on any atom is 0.269 e. The number of para-hydroxylation sites is 1. The minimum atomic E-state index is -0.402. The zero-order valence-electron chi connectivity index (χ0n) is 18.9. The van der Waals surface area contributed by atoms with Crippen LogP contribution in [0.5, 0.6) is 0 Å². The zero-order valence-corrected chi connectivity index (χ0v) is 19.7. The Labute approximate surface area is 206 Å². The number of nitro groups is 1. The molecule has 0 spiro atoms. The molecule has 2 heterocycles. The Bertz CT molecular complexity index is 1360. The molecule has 1 amide bonds. The number of fused-ring (bicyclic) bond motifs is 1. The molecule has 0 N–H and O–H groups in total. The van der Waals surface area contributed by atoms with E-state index >= 15 is 0 Å². The molecule has 0 atom stereocenters. The van der Waals surface area contributed by atoms with Crippen molar-refractivity contribution < 1.29 is 9.72 Å². The van der Waals surface area contributed by atoms with Crippen LogP contribution in [0, 0.1) is 10.1 Å². The van der Waals surface area contributed by atoms with Crippen molar-refractivity contribution in [1.29, 1.82) is 0 Å². The van der Waals surface area contributed by atoms with Crippen LogP contribution in [0.2, 0.25) is 0 Å². The second-order valence-electron chi connectivity index (χ2n) is 8.24.